The van der Waals surface area contributed by atoms with Gasteiger partial charge < -0.3 is 5.32 Å². The number of thiazole rings is 1. The van der Waals surface area contributed by atoms with Crippen LogP contribution in [0, 0.1) is 0 Å². The van der Waals surface area contributed by atoms with Gasteiger partial charge in [-0.25, -0.2) is 4.98 Å². The molecule has 0 bridgehead atoms. The molecule has 0 amide bonds. The van der Waals surface area contributed by atoms with Crippen molar-refractivity contribution in [2.45, 2.75) is 63.5 Å². The molecule has 0 radical (unpaired) electrons. The van der Waals surface area contributed by atoms with Gasteiger partial charge in [-0.3, -0.25) is 4.90 Å². The summed E-state index contributed by atoms with van der Waals surface area (Å²) in [7, 11) is 0. The number of hydrogen-bond acceptors (Lipinski definition) is 4. The smallest absolute Gasteiger partial charge is 0.106 e. The monoisotopic (exact) mass is 293 g/mol. The highest BCUT2D eigenvalue weighted by Crippen LogP contribution is 2.35. The molecular formula is C16H27N3S. The van der Waals surface area contributed by atoms with Crippen LogP contribution in [0.25, 0.3) is 0 Å². The maximum absolute atomic E-state index is 4.38. The van der Waals surface area contributed by atoms with Gasteiger partial charge in [-0.05, 0) is 38.8 Å². The van der Waals surface area contributed by atoms with Gasteiger partial charge in [0, 0.05) is 30.2 Å². The Balaban J connectivity index is 1.59. The van der Waals surface area contributed by atoms with Crippen molar-refractivity contribution in [3.63, 3.8) is 0 Å². The van der Waals surface area contributed by atoms with E-state index in [0.29, 0.717) is 5.54 Å². The van der Waals surface area contributed by atoms with Gasteiger partial charge in [0.05, 0.1) is 0 Å². The highest BCUT2D eigenvalue weighted by atomic mass is 32.1. The van der Waals surface area contributed by atoms with Crippen LogP contribution in [0.1, 0.15) is 56.4 Å². The van der Waals surface area contributed by atoms with Crippen molar-refractivity contribution in [1.82, 2.24) is 15.2 Å². The Hall–Kier alpha value is -0.450. The van der Waals surface area contributed by atoms with Crippen molar-refractivity contribution in [2.24, 2.45) is 0 Å². The summed E-state index contributed by atoms with van der Waals surface area (Å²) in [5.74, 6) is 0. The molecule has 1 aromatic heterocycles. The standard InChI is InChI=1S/C16H27N3S/c1-3-7-16(8-4-1,19-10-5-2-6-11-19)14-17-13-15-18-9-12-20-15/h9,12,17H,1-8,10-11,13-14H2. The van der Waals surface area contributed by atoms with Crippen LogP contribution >= 0.6 is 11.3 Å². The molecule has 1 saturated carbocycles. The van der Waals surface area contributed by atoms with Crippen LogP contribution in [0.4, 0.5) is 0 Å². The van der Waals surface area contributed by atoms with Gasteiger partial charge in [-0.15, -0.1) is 11.3 Å². The second kappa shape index (κ2) is 7.01. The first-order valence-electron chi connectivity index (χ1n) is 8.23. The van der Waals surface area contributed by atoms with E-state index in [4.69, 9.17) is 0 Å². The summed E-state index contributed by atoms with van der Waals surface area (Å²) in [6.45, 7) is 4.72. The molecule has 2 aliphatic rings. The van der Waals surface area contributed by atoms with Gasteiger partial charge in [-0.1, -0.05) is 25.7 Å². The molecule has 2 fully saturated rings. The molecule has 0 atom stereocenters. The number of nitrogens with zero attached hydrogens (tertiary/aromatic N) is 2. The lowest BCUT2D eigenvalue weighted by atomic mass is 9.79. The molecule has 1 aliphatic carbocycles. The van der Waals surface area contributed by atoms with Crippen LogP contribution < -0.4 is 5.32 Å². The van der Waals surface area contributed by atoms with Crippen LogP contribution in [0.5, 0.6) is 0 Å². The molecule has 0 aromatic carbocycles. The van der Waals surface area contributed by atoms with Gasteiger partial charge in [0.1, 0.15) is 5.01 Å². The Kier molecular flexibility index (Phi) is 5.08. The first kappa shape index (κ1) is 14.5. The SMILES string of the molecule is c1csc(CNCC2(N3CCCCC3)CCCCC2)n1. The third-order valence-electron chi connectivity index (χ3n) is 5.02. The first-order chi connectivity index (χ1) is 9.89. The zero-order valence-electron chi connectivity index (χ0n) is 12.4. The predicted molar refractivity (Wildman–Crippen MR) is 85.1 cm³/mol. The third-order valence-corrected chi connectivity index (χ3v) is 5.80. The van der Waals surface area contributed by atoms with Crippen LogP contribution in [-0.2, 0) is 6.54 Å². The van der Waals surface area contributed by atoms with E-state index >= 15 is 0 Å². The van der Waals surface area contributed by atoms with E-state index < -0.39 is 0 Å². The molecule has 1 saturated heterocycles. The molecule has 112 valence electrons. The Morgan fingerprint density at radius 3 is 2.55 bits per heavy atom. The average molecular weight is 293 g/mol. The van der Waals surface area contributed by atoms with Crippen LogP contribution in [0.3, 0.4) is 0 Å². The molecule has 0 unspecified atom stereocenters. The summed E-state index contributed by atoms with van der Waals surface area (Å²) in [5.41, 5.74) is 0.440. The summed E-state index contributed by atoms with van der Waals surface area (Å²) in [4.78, 5) is 7.19. The summed E-state index contributed by atoms with van der Waals surface area (Å²) in [5, 5.41) is 6.99. The lowest BCUT2D eigenvalue weighted by Crippen LogP contribution is -2.57. The van der Waals surface area contributed by atoms with Crippen molar-refractivity contribution in [3.8, 4) is 0 Å². The molecule has 3 rings (SSSR count). The second-order valence-electron chi connectivity index (χ2n) is 6.36. The lowest BCUT2D eigenvalue weighted by molar-refractivity contribution is 0.0333. The Morgan fingerprint density at radius 2 is 1.85 bits per heavy atom. The number of likely N-dealkylation sites (tertiary alicyclic amines) is 1. The molecule has 1 aromatic rings. The fourth-order valence-corrected chi connectivity index (χ4v) is 4.51. The molecule has 3 nitrogen and oxygen atoms in total. The topological polar surface area (TPSA) is 28.2 Å². The Labute approximate surface area is 126 Å². The van der Waals surface area contributed by atoms with Crippen molar-refractivity contribution in [3.05, 3.63) is 16.6 Å². The zero-order valence-corrected chi connectivity index (χ0v) is 13.3. The van der Waals surface area contributed by atoms with E-state index in [1.807, 2.05) is 6.20 Å². The highest BCUT2D eigenvalue weighted by molar-refractivity contribution is 7.09. The second-order valence-corrected chi connectivity index (χ2v) is 7.34. The zero-order chi connectivity index (χ0) is 13.7. The van der Waals surface area contributed by atoms with Crippen molar-refractivity contribution in [1.29, 1.82) is 0 Å². The minimum Gasteiger partial charge on any atom is -0.309 e. The Bertz CT molecular complexity index is 378. The maximum Gasteiger partial charge on any atom is 0.106 e. The third kappa shape index (κ3) is 3.41. The van der Waals surface area contributed by atoms with E-state index in [0.717, 1.165) is 13.1 Å². The van der Waals surface area contributed by atoms with Crippen LogP contribution in [-0.4, -0.2) is 35.1 Å². The van der Waals surface area contributed by atoms with Gasteiger partial charge >= 0.3 is 0 Å². The van der Waals surface area contributed by atoms with E-state index in [2.05, 4.69) is 20.6 Å². The number of nitrogens with one attached hydrogen (secondary N) is 1. The number of rotatable bonds is 5. The summed E-state index contributed by atoms with van der Waals surface area (Å²) < 4.78 is 0. The summed E-state index contributed by atoms with van der Waals surface area (Å²) >= 11 is 1.76. The summed E-state index contributed by atoms with van der Waals surface area (Å²) in [6.07, 6.45) is 13.2. The van der Waals surface area contributed by atoms with E-state index in [1.54, 1.807) is 11.3 Å². The minimum absolute atomic E-state index is 0.440. The minimum atomic E-state index is 0.440. The van der Waals surface area contributed by atoms with Gasteiger partial charge in [0.25, 0.3) is 0 Å². The van der Waals surface area contributed by atoms with E-state index in [-0.39, 0.29) is 0 Å². The normalized spacial score (nSPS) is 23.8. The molecule has 0 spiro atoms. The van der Waals surface area contributed by atoms with Gasteiger partial charge in [-0.2, -0.15) is 0 Å². The number of hydrogen-bond donors (Lipinski definition) is 1. The van der Waals surface area contributed by atoms with Crippen LogP contribution in [0.15, 0.2) is 11.6 Å². The summed E-state index contributed by atoms with van der Waals surface area (Å²) in [6, 6.07) is 0. The van der Waals surface area contributed by atoms with Gasteiger partial charge in [0.15, 0.2) is 0 Å². The molecular weight excluding hydrogens is 266 g/mol. The van der Waals surface area contributed by atoms with Crippen molar-refractivity contribution in [2.75, 3.05) is 19.6 Å². The molecule has 20 heavy (non-hydrogen) atoms. The van der Waals surface area contributed by atoms with E-state index in [9.17, 15) is 0 Å². The maximum atomic E-state index is 4.38. The van der Waals surface area contributed by atoms with Crippen LogP contribution in [0.2, 0.25) is 0 Å². The van der Waals surface area contributed by atoms with Crippen molar-refractivity contribution < 1.29 is 0 Å². The molecule has 1 aliphatic heterocycles. The molecule has 1 N–H and O–H groups in total. The fraction of sp³-hybridized carbons (Fsp3) is 0.812. The highest BCUT2D eigenvalue weighted by Gasteiger charge is 2.37. The Morgan fingerprint density at radius 1 is 1.10 bits per heavy atom. The molecule has 2 heterocycles. The lowest BCUT2D eigenvalue weighted by Gasteiger charge is -2.48. The average Bonchev–Trinajstić information content (AvgIpc) is 3.02. The number of piperidine rings is 1. The first-order valence-corrected chi connectivity index (χ1v) is 9.11. The largest absolute Gasteiger partial charge is 0.309 e. The number of aromatic nitrogens is 1. The predicted octanol–water partition coefficient (Wildman–Crippen LogP) is 3.42. The fourth-order valence-electron chi connectivity index (χ4n) is 3.93. The van der Waals surface area contributed by atoms with E-state index in [1.165, 1.54) is 69.5 Å². The van der Waals surface area contributed by atoms with Crippen molar-refractivity contribution >= 4 is 11.3 Å². The quantitative estimate of drug-likeness (QED) is 0.901. The molecule has 4 heteroatoms. The van der Waals surface area contributed by atoms with Gasteiger partial charge in [0.2, 0.25) is 0 Å².